The molecule has 0 spiro atoms. The summed E-state index contributed by atoms with van der Waals surface area (Å²) < 4.78 is 1.80. The molecule has 0 atom stereocenters. The van der Waals surface area contributed by atoms with Gasteiger partial charge in [-0.3, -0.25) is 19.6 Å². The van der Waals surface area contributed by atoms with Gasteiger partial charge in [-0.2, -0.15) is 5.10 Å². The lowest BCUT2D eigenvalue weighted by molar-refractivity contribution is -0.385. The smallest absolute Gasteiger partial charge is 0.288 e. The number of carbonyl (C=O) groups is 1. The highest BCUT2D eigenvalue weighted by Crippen LogP contribution is 2.31. The summed E-state index contributed by atoms with van der Waals surface area (Å²) in [7, 11) is 0. The summed E-state index contributed by atoms with van der Waals surface area (Å²) in [4.78, 5) is 28.0. The number of nitrogens with two attached hydrogens (primary N) is 1. The standard InChI is InChI=1S/C16H20N6O4/c17-15(24)13-9-12(22(25)26)10-18-16(13)20-5-2-11(3-6-20)14-1-4-19-21(14)7-8-23/h1,4,9-11,23H,2-3,5-8H2,(H2,17,24). The van der Waals surface area contributed by atoms with Crippen molar-refractivity contribution in [3.63, 3.8) is 0 Å². The van der Waals surface area contributed by atoms with Crippen LogP contribution in [0.2, 0.25) is 0 Å². The first-order valence-corrected chi connectivity index (χ1v) is 8.33. The molecule has 2 aromatic heterocycles. The fraction of sp³-hybridized carbons (Fsp3) is 0.438. The zero-order valence-corrected chi connectivity index (χ0v) is 14.1. The number of anilines is 1. The summed E-state index contributed by atoms with van der Waals surface area (Å²) in [5.41, 5.74) is 6.26. The van der Waals surface area contributed by atoms with Crippen LogP contribution in [0.25, 0.3) is 0 Å². The van der Waals surface area contributed by atoms with E-state index in [9.17, 15) is 14.9 Å². The summed E-state index contributed by atoms with van der Waals surface area (Å²) in [6.45, 7) is 1.76. The molecule has 10 heteroatoms. The molecule has 26 heavy (non-hydrogen) atoms. The number of nitrogens with zero attached hydrogens (tertiary/aromatic N) is 5. The van der Waals surface area contributed by atoms with Crippen molar-refractivity contribution in [2.75, 3.05) is 24.6 Å². The van der Waals surface area contributed by atoms with Gasteiger partial charge in [-0.25, -0.2) is 4.98 Å². The first-order chi connectivity index (χ1) is 12.5. The van der Waals surface area contributed by atoms with E-state index in [1.54, 1.807) is 10.9 Å². The first-order valence-electron chi connectivity index (χ1n) is 8.33. The molecular formula is C16H20N6O4. The van der Waals surface area contributed by atoms with Crippen LogP contribution in [-0.2, 0) is 6.54 Å². The average molecular weight is 360 g/mol. The lowest BCUT2D eigenvalue weighted by atomic mass is 9.93. The number of hydrogen-bond acceptors (Lipinski definition) is 7. The van der Waals surface area contributed by atoms with Crippen LogP contribution in [-0.4, -0.2) is 50.4 Å². The predicted molar refractivity (Wildman–Crippen MR) is 92.9 cm³/mol. The van der Waals surface area contributed by atoms with Gasteiger partial charge in [0.25, 0.3) is 11.6 Å². The maximum Gasteiger partial charge on any atom is 0.288 e. The monoisotopic (exact) mass is 360 g/mol. The number of piperidine rings is 1. The highest BCUT2D eigenvalue weighted by atomic mass is 16.6. The second-order valence-electron chi connectivity index (χ2n) is 6.15. The minimum atomic E-state index is -0.737. The Morgan fingerprint density at radius 1 is 1.42 bits per heavy atom. The van der Waals surface area contributed by atoms with E-state index in [1.807, 2.05) is 11.0 Å². The van der Waals surface area contributed by atoms with Crippen molar-refractivity contribution in [3.05, 3.63) is 45.9 Å². The molecule has 0 radical (unpaired) electrons. The zero-order valence-electron chi connectivity index (χ0n) is 14.1. The van der Waals surface area contributed by atoms with Gasteiger partial charge in [0, 0.05) is 37.0 Å². The van der Waals surface area contributed by atoms with Crippen LogP contribution in [0.15, 0.2) is 24.5 Å². The van der Waals surface area contributed by atoms with E-state index in [0.717, 1.165) is 24.7 Å². The van der Waals surface area contributed by atoms with Crippen LogP contribution in [0.3, 0.4) is 0 Å². The Kier molecular flexibility index (Phi) is 5.12. The van der Waals surface area contributed by atoms with E-state index in [1.165, 1.54) is 6.07 Å². The molecule has 1 saturated heterocycles. The first kappa shape index (κ1) is 17.8. The highest BCUT2D eigenvalue weighted by molar-refractivity contribution is 5.98. The highest BCUT2D eigenvalue weighted by Gasteiger charge is 2.27. The van der Waals surface area contributed by atoms with Gasteiger partial charge in [-0.05, 0) is 18.9 Å². The third-order valence-electron chi connectivity index (χ3n) is 4.60. The van der Waals surface area contributed by atoms with Crippen molar-refractivity contribution < 1.29 is 14.8 Å². The number of aromatic nitrogens is 3. The summed E-state index contributed by atoms with van der Waals surface area (Å²) in [6, 6.07) is 3.13. The van der Waals surface area contributed by atoms with Crippen LogP contribution in [0.1, 0.15) is 34.8 Å². The Morgan fingerprint density at radius 3 is 2.77 bits per heavy atom. The Balaban J connectivity index is 1.76. The molecule has 1 aliphatic heterocycles. The topological polar surface area (TPSA) is 140 Å². The molecule has 10 nitrogen and oxygen atoms in total. The molecule has 0 aliphatic carbocycles. The Hall–Kier alpha value is -3.01. The summed E-state index contributed by atoms with van der Waals surface area (Å²) >= 11 is 0. The van der Waals surface area contributed by atoms with Crippen molar-refractivity contribution in [1.29, 1.82) is 0 Å². The average Bonchev–Trinajstić information content (AvgIpc) is 3.10. The van der Waals surface area contributed by atoms with E-state index < -0.39 is 10.8 Å². The normalized spacial score (nSPS) is 15.2. The van der Waals surface area contributed by atoms with Gasteiger partial charge in [0.05, 0.1) is 23.6 Å². The van der Waals surface area contributed by atoms with Crippen molar-refractivity contribution in [2.24, 2.45) is 5.73 Å². The molecule has 3 N–H and O–H groups in total. The zero-order chi connectivity index (χ0) is 18.7. The SMILES string of the molecule is NC(=O)c1cc([N+](=O)[O-])cnc1N1CCC(c2ccnn2CCO)CC1. The molecule has 138 valence electrons. The third kappa shape index (κ3) is 3.49. The number of hydrogen-bond donors (Lipinski definition) is 2. The minimum absolute atomic E-state index is 0.0300. The molecule has 0 bridgehead atoms. The number of aliphatic hydroxyl groups excluding tert-OH is 1. The summed E-state index contributed by atoms with van der Waals surface area (Å²) in [5, 5.41) is 24.3. The Morgan fingerprint density at radius 2 is 2.15 bits per heavy atom. The van der Waals surface area contributed by atoms with Gasteiger partial charge >= 0.3 is 0 Å². The molecule has 1 amide bonds. The number of carbonyl (C=O) groups excluding carboxylic acids is 1. The fourth-order valence-corrected chi connectivity index (χ4v) is 3.34. The number of rotatable bonds is 6. The third-order valence-corrected chi connectivity index (χ3v) is 4.60. The number of nitro groups is 1. The number of amides is 1. The van der Waals surface area contributed by atoms with Crippen molar-refractivity contribution in [1.82, 2.24) is 14.8 Å². The maximum absolute atomic E-state index is 11.7. The second-order valence-corrected chi connectivity index (χ2v) is 6.15. The molecule has 2 aromatic rings. The molecule has 0 unspecified atom stereocenters. The minimum Gasteiger partial charge on any atom is -0.394 e. The van der Waals surface area contributed by atoms with Crippen LogP contribution in [0.4, 0.5) is 11.5 Å². The Bertz CT molecular complexity index is 813. The van der Waals surface area contributed by atoms with Crippen LogP contribution in [0.5, 0.6) is 0 Å². The van der Waals surface area contributed by atoms with E-state index in [-0.39, 0.29) is 23.8 Å². The Labute approximate surface area is 149 Å². The van der Waals surface area contributed by atoms with Crippen LogP contribution in [0, 0.1) is 10.1 Å². The lowest BCUT2D eigenvalue weighted by Gasteiger charge is -2.33. The molecule has 0 aromatic carbocycles. The van der Waals surface area contributed by atoms with Gasteiger partial charge in [-0.15, -0.1) is 0 Å². The van der Waals surface area contributed by atoms with Crippen molar-refractivity contribution >= 4 is 17.4 Å². The van der Waals surface area contributed by atoms with E-state index in [2.05, 4.69) is 10.1 Å². The van der Waals surface area contributed by atoms with E-state index >= 15 is 0 Å². The lowest BCUT2D eigenvalue weighted by Crippen LogP contribution is -2.35. The largest absolute Gasteiger partial charge is 0.394 e. The van der Waals surface area contributed by atoms with Crippen LogP contribution >= 0.6 is 0 Å². The van der Waals surface area contributed by atoms with E-state index in [4.69, 9.17) is 10.8 Å². The number of primary amides is 1. The number of pyridine rings is 1. The summed E-state index contributed by atoms with van der Waals surface area (Å²) in [5.74, 6) is -0.0693. The molecule has 1 fully saturated rings. The maximum atomic E-state index is 11.7. The van der Waals surface area contributed by atoms with Crippen molar-refractivity contribution in [3.8, 4) is 0 Å². The quantitative estimate of drug-likeness (QED) is 0.569. The molecule has 1 aliphatic rings. The molecular weight excluding hydrogens is 340 g/mol. The predicted octanol–water partition coefficient (Wildman–Crippen LogP) is 0.661. The second kappa shape index (κ2) is 7.48. The van der Waals surface area contributed by atoms with Gasteiger partial charge in [0.2, 0.25) is 0 Å². The number of aliphatic hydroxyl groups is 1. The van der Waals surface area contributed by atoms with Gasteiger partial charge in [0.15, 0.2) is 0 Å². The molecule has 3 heterocycles. The van der Waals surface area contributed by atoms with Gasteiger partial charge in [0.1, 0.15) is 12.0 Å². The molecule has 0 saturated carbocycles. The molecule has 3 rings (SSSR count). The van der Waals surface area contributed by atoms with E-state index in [0.29, 0.717) is 25.5 Å². The van der Waals surface area contributed by atoms with Crippen LogP contribution < -0.4 is 10.6 Å². The fourth-order valence-electron chi connectivity index (χ4n) is 3.34. The van der Waals surface area contributed by atoms with Gasteiger partial charge in [-0.1, -0.05) is 0 Å². The van der Waals surface area contributed by atoms with Crippen molar-refractivity contribution in [2.45, 2.75) is 25.3 Å². The summed E-state index contributed by atoms with van der Waals surface area (Å²) in [6.07, 6.45) is 4.49. The van der Waals surface area contributed by atoms with Gasteiger partial charge < -0.3 is 15.7 Å².